The molecule has 0 aromatic heterocycles. The zero-order chi connectivity index (χ0) is 20.1. The van der Waals surface area contributed by atoms with Gasteiger partial charge in [0, 0.05) is 18.8 Å². The second-order valence-electron chi connectivity index (χ2n) is 7.18. The van der Waals surface area contributed by atoms with Gasteiger partial charge in [0.25, 0.3) is 0 Å². The van der Waals surface area contributed by atoms with Crippen LogP contribution in [0.1, 0.15) is 25.5 Å². The fourth-order valence-corrected chi connectivity index (χ4v) is 4.48. The molecule has 28 heavy (non-hydrogen) atoms. The lowest BCUT2D eigenvalue weighted by molar-refractivity contribution is -0.121. The van der Waals surface area contributed by atoms with Gasteiger partial charge >= 0.3 is 0 Å². The average Bonchev–Trinajstić information content (AvgIpc) is 2.65. The molecular weight excluding hydrogens is 376 g/mol. The highest BCUT2D eigenvalue weighted by Gasteiger charge is 2.32. The molecule has 1 atom stereocenters. The van der Waals surface area contributed by atoms with E-state index < -0.39 is 15.9 Å². The summed E-state index contributed by atoms with van der Waals surface area (Å²) in [6.45, 7) is 4.60. The van der Waals surface area contributed by atoms with Crippen molar-refractivity contribution < 1.29 is 17.9 Å². The van der Waals surface area contributed by atoms with E-state index in [0.29, 0.717) is 18.8 Å². The van der Waals surface area contributed by atoms with Crippen molar-refractivity contribution in [2.45, 2.75) is 26.0 Å². The van der Waals surface area contributed by atoms with Crippen LogP contribution in [-0.2, 0) is 14.6 Å². The van der Waals surface area contributed by atoms with Crippen LogP contribution >= 0.6 is 0 Å². The first-order valence-electron chi connectivity index (χ1n) is 9.41. The molecule has 0 spiro atoms. The molecular formula is C21H26N2O4S. The van der Waals surface area contributed by atoms with Crippen molar-refractivity contribution in [3.8, 4) is 5.75 Å². The Morgan fingerprint density at radius 3 is 2.18 bits per heavy atom. The first-order valence-corrected chi connectivity index (χ1v) is 11.2. The lowest BCUT2D eigenvalue weighted by Gasteiger charge is -2.33. The molecule has 2 aromatic rings. The minimum Gasteiger partial charge on any atom is -0.491 e. The Bertz CT molecular complexity index is 882. The van der Waals surface area contributed by atoms with Gasteiger partial charge in [-0.15, -0.1) is 0 Å². The summed E-state index contributed by atoms with van der Waals surface area (Å²) in [5, 5.41) is 2.95. The normalized spacial score (nSPS) is 17.8. The van der Waals surface area contributed by atoms with Crippen molar-refractivity contribution >= 4 is 21.4 Å². The van der Waals surface area contributed by atoms with E-state index in [-0.39, 0.29) is 23.5 Å². The van der Waals surface area contributed by atoms with Gasteiger partial charge in [0.2, 0.25) is 5.91 Å². The van der Waals surface area contributed by atoms with Crippen molar-refractivity contribution in [3.63, 3.8) is 0 Å². The molecule has 0 saturated carbocycles. The topological polar surface area (TPSA) is 75.7 Å². The van der Waals surface area contributed by atoms with Crippen molar-refractivity contribution in [1.82, 2.24) is 4.90 Å². The Morgan fingerprint density at radius 2 is 1.61 bits per heavy atom. The molecule has 3 rings (SSSR count). The van der Waals surface area contributed by atoms with Crippen LogP contribution in [0, 0.1) is 0 Å². The van der Waals surface area contributed by atoms with Crippen LogP contribution in [0.5, 0.6) is 5.75 Å². The minimum absolute atomic E-state index is 0.0743. The van der Waals surface area contributed by atoms with Crippen molar-refractivity contribution in [3.05, 3.63) is 60.2 Å². The van der Waals surface area contributed by atoms with Crippen LogP contribution in [-0.4, -0.2) is 49.9 Å². The van der Waals surface area contributed by atoms with Gasteiger partial charge < -0.3 is 10.1 Å². The molecule has 1 N–H and O–H groups in total. The van der Waals surface area contributed by atoms with Gasteiger partial charge in [0.05, 0.1) is 17.6 Å². The maximum absolute atomic E-state index is 13.1. The quantitative estimate of drug-likeness (QED) is 0.804. The summed E-state index contributed by atoms with van der Waals surface area (Å²) in [5.74, 6) is 0.715. The fraction of sp³-hybridized carbons (Fsp3) is 0.381. The number of rotatable bonds is 6. The summed E-state index contributed by atoms with van der Waals surface area (Å²) in [5.41, 5.74) is 1.52. The molecule has 1 heterocycles. The molecule has 2 aromatic carbocycles. The van der Waals surface area contributed by atoms with Crippen LogP contribution in [0.25, 0.3) is 0 Å². The number of carbonyl (C=O) groups is 1. The van der Waals surface area contributed by atoms with E-state index >= 15 is 0 Å². The van der Waals surface area contributed by atoms with Crippen LogP contribution < -0.4 is 10.1 Å². The smallest absolute Gasteiger partial charge is 0.246 e. The Morgan fingerprint density at radius 1 is 1.00 bits per heavy atom. The number of benzene rings is 2. The van der Waals surface area contributed by atoms with E-state index in [2.05, 4.69) is 5.32 Å². The fourth-order valence-electron chi connectivity index (χ4n) is 3.25. The zero-order valence-corrected chi connectivity index (χ0v) is 17.0. The van der Waals surface area contributed by atoms with Gasteiger partial charge in [-0.3, -0.25) is 9.69 Å². The zero-order valence-electron chi connectivity index (χ0n) is 16.2. The van der Waals surface area contributed by atoms with Crippen LogP contribution in [0.15, 0.2) is 54.6 Å². The maximum atomic E-state index is 13.1. The molecule has 7 heteroatoms. The summed E-state index contributed by atoms with van der Waals surface area (Å²) in [4.78, 5) is 15.0. The predicted octanol–water partition coefficient (Wildman–Crippen LogP) is 2.88. The highest BCUT2D eigenvalue weighted by molar-refractivity contribution is 7.91. The summed E-state index contributed by atoms with van der Waals surface area (Å²) in [7, 11) is -3.02. The van der Waals surface area contributed by atoms with E-state index in [1.807, 2.05) is 61.2 Å². The average molecular weight is 403 g/mol. The number of nitrogens with one attached hydrogen (secondary N) is 1. The number of amides is 1. The third kappa shape index (κ3) is 5.33. The second kappa shape index (κ2) is 8.75. The maximum Gasteiger partial charge on any atom is 0.246 e. The molecule has 1 aliphatic rings. The minimum atomic E-state index is -3.02. The van der Waals surface area contributed by atoms with Gasteiger partial charge in [0.1, 0.15) is 11.8 Å². The number of hydrogen-bond donors (Lipinski definition) is 1. The molecule has 150 valence electrons. The number of nitrogens with zero attached hydrogens (tertiary/aromatic N) is 1. The lowest BCUT2D eigenvalue weighted by Crippen LogP contribution is -2.46. The molecule has 6 nitrogen and oxygen atoms in total. The van der Waals surface area contributed by atoms with Crippen LogP contribution in [0.3, 0.4) is 0 Å². The second-order valence-corrected chi connectivity index (χ2v) is 9.48. The third-order valence-electron chi connectivity index (χ3n) is 4.60. The highest BCUT2D eigenvalue weighted by atomic mass is 32.2. The summed E-state index contributed by atoms with van der Waals surface area (Å²) in [6, 6.07) is 16.2. The number of sulfone groups is 1. The SMILES string of the molecule is CC(C)Oc1ccc(NC(=O)C(c2ccccc2)N2CCS(=O)(=O)CC2)cc1. The van der Waals surface area contributed by atoms with E-state index in [4.69, 9.17) is 4.74 Å². The van der Waals surface area contributed by atoms with Crippen molar-refractivity contribution in [2.24, 2.45) is 0 Å². The van der Waals surface area contributed by atoms with Gasteiger partial charge in [0.15, 0.2) is 9.84 Å². The predicted molar refractivity (Wildman–Crippen MR) is 110 cm³/mol. The number of anilines is 1. The molecule has 1 unspecified atom stereocenters. The molecule has 0 aliphatic carbocycles. The summed E-state index contributed by atoms with van der Waals surface area (Å²) < 4.78 is 29.2. The van der Waals surface area contributed by atoms with Gasteiger partial charge in [-0.05, 0) is 43.7 Å². The number of ether oxygens (including phenoxy) is 1. The Labute approximate surface area is 166 Å². The Balaban J connectivity index is 1.77. The van der Waals surface area contributed by atoms with Crippen molar-refractivity contribution in [2.75, 3.05) is 29.9 Å². The number of carbonyl (C=O) groups excluding carboxylic acids is 1. The van der Waals surface area contributed by atoms with Crippen LogP contribution in [0.4, 0.5) is 5.69 Å². The Hall–Kier alpha value is -2.38. The van der Waals surface area contributed by atoms with E-state index in [0.717, 1.165) is 11.3 Å². The molecule has 1 amide bonds. The summed E-state index contributed by atoms with van der Waals surface area (Å²) in [6.07, 6.45) is 0.0817. The standard InChI is InChI=1S/C21H26N2O4S/c1-16(2)27-19-10-8-18(9-11-19)22-21(24)20(17-6-4-3-5-7-17)23-12-14-28(25,26)15-13-23/h3-11,16,20H,12-15H2,1-2H3,(H,22,24). The molecule has 1 saturated heterocycles. The van der Waals surface area contributed by atoms with E-state index in [9.17, 15) is 13.2 Å². The largest absolute Gasteiger partial charge is 0.491 e. The lowest BCUT2D eigenvalue weighted by atomic mass is 10.0. The monoisotopic (exact) mass is 402 g/mol. The van der Waals surface area contributed by atoms with E-state index in [1.165, 1.54) is 0 Å². The van der Waals surface area contributed by atoms with Gasteiger partial charge in [-0.1, -0.05) is 30.3 Å². The molecule has 1 aliphatic heterocycles. The van der Waals surface area contributed by atoms with E-state index in [1.54, 1.807) is 12.1 Å². The molecule has 1 fully saturated rings. The first kappa shape index (κ1) is 20.4. The summed E-state index contributed by atoms with van der Waals surface area (Å²) >= 11 is 0. The van der Waals surface area contributed by atoms with Gasteiger partial charge in [-0.2, -0.15) is 0 Å². The third-order valence-corrected chi connectivity index (χ3v) is 6.21. The molecule has 0 bridgehead atoms. The first-order chi connectivity index (χ1) is 13.3. The van der Waals surface area contributed by atoms with Crippen molar-refractivity contribution in [1.29, 1.82) is 0 Å². The van der Waals surface area contributed by atoms with Crippen LogP contribution in [0.2, 0.25) is 0 Å². The highest BCUT2D eigenvalue weighted by Crippen LogP contribution is 2.25. The molecule has 0 radical (unpaired) electrons. The number of hydrogen-bond acceptors (Lipinski definition) is 5. The van der Waals surface area contributed by atoms with Gasteiger partial charge in [-0.25, -0.2) is 8.42 Å². The Kier molecular flexibility index (Phi) is 6.36.